The first-order valence-electron chi connectivity index (χ1n) is 9.72. The first-order chi connectivity index (χ1) is 13.7. The van der Waals surface area contributed by atoms with Gasteiger partial charge in [-0.1, -0.05) is 48.5 Å². The number of benzene rings is 2. The van der Waals surface area contributed by atoms with Crippen molar-refractivity contribution in [1.82, 2.24) is 9.88 Å². The smallest absolute Gasteiger partial charge is 0.167 e. The lowest BCUT2D eigenvalue weighted by Crippen LogP contribution is -2.38. The molecule has 28 heavy (non-hydrogen) atoms. The SMILES string of the molecule is O=C(c1ccc(-c2ccccc2)c(F)c1)[C@H]1CCCN(Cc2ccccn2)C1. The molecular weight excluding hydrogens is 351 g/mol. The lowest BCUT2D eigenvalue weighted by molar-refractivity contribution is 0.0809. The molecular formula is C24H23FN2O. The van der Waals surface area contributed by atoms with Gasteiger partial charge in [-0.3, -0.25) is 14.7 Å². The van der Waals surface area contributed by atoms with E-state index in [0.29, 0.717) is 17.7 Å². The monoisotopic (exact) mass is 374 g/mol. The number of piperidine rings is 1. The minimum absolute atomic E-state index is 0.0317. The van der Waals surface area contributed by atoms with Gasteiger partial charge in [0.25, 0.3) is 0 Å². The summed E-state index contributed by atoms with van der Waals surface area (Å²) in [7, 11) is 0. The molecule has 0 spiro atoms. The highest BCUT2D eigenvalue weighted by molar-refractivity contribution is 5.98. The number of halogens is 1. The molecule has 1 aliphatic heterocycles. The van der Waals surface area contributed by atoms with E-state index in [-0.39, 0.29) is 17.5 Å². The van der Waals surface area contributed by atoms with Gasteiger partial charge in [-0.05, 0) is 43.1 Å². The van der Waals surface area contributed by atoms with Crippen LogP contribution >= 0.6 is 0 Å². The number of nitrogens with zero attached hydrogens (tertiary/aromatic N) is 2. The van der Waals surface area contributed by atoms with Crippen molar-refractivity contribution in [2.75, 3.05) is 13.1 Å². The molecule has 2 aromatic carbocycles. The highest BCUT2D eigenvalue weighted by Crippen LogP contribution is 2.26. The van der Waals surface area contributed by atoms with Crippen molar-refractivity contribution in [2.24, 2.45) is 5.92 Å². The van der Waals surface area contributed by atoms with Gasteiger partial charge in [-0.2, -0.15) is 0 Å². The Morgan fingerprint density at radius 1 is 1.07 bits per heavy atom. The van der Waals surface area contributed by atoms with Crippen molar-refractivity contribution in [3.05, 3.63) is 90.0 Å². The summed E-state index contributed by atoms with van der Waals surface area (Å²) in [5, 5.41) is 0. The zero-order valence-corrected chi connectivity index (χ0v) is 15.7. The fraction of sp³-hybridized carbons (Fsp3) is 0.250. The number of Topliss-reactive ketones (excluding diaryl/α,β-unsaturated/α-hetero) is 1. The normalized spacial score (nSPS) is 17.4. The standard InChI is InChI=1S/C24H23FN2O/c25-23-15-19(11-12-22(23)18-7-2-1-3-8-18)24(28)20-9-6-14-27(16-20)17-21-10-4-5-13-26-21/h1-5,7-8,10-13,15,20H,6,9,14,16-17H2/t20-/m0/s1. The summed E-state index contributed by atoms with van der Waals surface area (Å²) in [6, 6.07) is 20.2. The second-order valence-corrected chi connectivity index (χ2v) is 7.32. The molecule has 2 heterocycles. The van der Waals surface area contributed by atoms with Crippen LogP contribution in [0.5, 0.6) is 0 Å². The lowest BCUT2D eigenvalue weighted by atomic mass is 9.89. The summed E-state index contributed by atoms with van der Waals surface area (Å²) < 4.78 is 14.7. The van der Waals surface area contributed by atoms with Gasteiger partial charge >= 0.3 is 0 Å². The minimum atomic E-state index is -0.349. The Labute approximate surface area is 164 Å². The van der Waals surface area contributed by atoms with Crippen molar-refractivity contribution in [2.45, 2.75) is 19.4 Å². The van der Waals surface area contributed by atoms with Gasteiger partial charge in [0.1, 0.15) is 5.82 Å². The van der Waals surface area contributed by atoms with E-state index in [2.05, 4.69) is 9.88 Å². The molecule has 1 fully saturated rings. The number of pyridine rings is 1. The van der Waals surface area contributed by atoms with Crippen LogP contribution in [-0.2, 0) is 6.54 Å². The van der Waals surface area contributed by atoms with Crippen LogP contribution in [0.15, 0.2) is 72.9 Å². The van der Waals surface area contributed by atoms with Crippen LogP contribution in [0.4, 0.5) is 4.39 Å². The highest BCUT2D eigenvalue weighted by Gasteiger charge is 2.27. The topological polar surface area (TPSA) is 33.2 Å². The Morgan fingerprint density at radius 2 is 1.89 bits per heavy atom. The number of carbonyl (C=O) groups is 1. The Bertz CT molecular complexity index is 943. The quantitative estimate of drug-likeness (QED) is 0.591. The van der Waals surface area contributed by atoms with Gasteiger partial charge in [0.2, 0.25) is 0 Å². The van der Waals surface area contributed by atoms with Gasteiger partial charge in [0, 0.05) is 36.3 Å². The van der Waals surface area contributed by atoms with Crippen molar-refractivity contribution < 1.29 is 9.18 Å². The van der Waals surface area contributed by atoms with Gasteiger partial charge < -0.3 is 0 Å². The summed E-state index contributed by atoms with van der Waals surface area (Å²) in [6.07, 6.45) is 3.60. The largest absolute Gasteiger partial charge is 0.297 e. The molecule has 4 heteroatoms. The number of ketones is 1. The molecule has 1 atom stereocenters. The van der Waals surface area contributed by atoms with Gasteiger partial charge in [-0.15, -0.1) is 0 Å². The predicted octanol–water partition coefficient (Wildman–Crippen LogP) is 4.98. The van der Waals surface area contributed by atoms with Gasteiger partial charge in [0.05, 0.1) is 5.69 Å². The summed E-state index contributed by atoms with van der Waals surface area (Å²) in [6.45, 7) is 2.39. The number of hydrogen-bond donors (Lipinski definition) is 0. The average molecular weight is 374 g/mol. The van der Waals surface area contributed by atoms with Gasteiger partial charge in [0.15, 0.2) is 5.78 Å². The van der Waals surface area contributed by atoms with E-state index in [1.54, 1.807) is 18.3 Å². The number of carbonyl (C=O) groups excluding carboxylic acids is 1. The summed E-state index contributed by atoms with van der Waals surface area (Å²) in [5.74, 6) is -0.415. The average Bonchev–Trinajstić information content (AvgIpc) is 2.75. The van der Waals surface area contributed by atoms with E-state index >= 15 is 0 Å². The molecule has 0 saturated carbocycles. The third kappa shape index (κ3) is 4.18. The predicted molar refractivity (Wildman–Crippen MR) is 108 cm³/mol. The Morgan fingerprint density at radius 3 is 2.64 bits per heavy atom. The van der Waals surface area contributed by atoms with Crippen LogP contribution in [0.2, 0.25) is 0 Å². The Hall–Kier alpha value is -2.85. The van der Waals surface area contributed by atoms with Crippen LogP contribution in [0.1, 0.15) is 28.9 Å². The van der Waals surface area contributed by atoms with E-state index in [9.17, 15) is 9.18 Å². The molecule has 0 radical (unpaired) electrons. The number of rotatable bonds is 5. The zero-order valence-electron chi connectivity index (χ0n) is 15.7. The van der Waals surface area contributed by atoms with Crippen molar-refractivity contribution >= 4 is 5.78 Å². The molecule has 1 aromatic heterocycles. The number of hydrogen-bond acceptors (Lipinski definition) is 3. The molecule has 1 aliphatic rings. The Balaban J connectivity index is 1.47. The van der Waals surface area contributed by atoms with Crippen LogP contribution in [0.3, 0.4) is 0 Å². The van der Waals surface area contributed by atoms with E-state index < -0.39 is 0 Å². The molecule has 0 aliphatic carbocycles. The fourth-order valence-corrected chi connectivity index (χ4v) is 3.89. The first kappa shape index (κ1) is 18.5. The van der Waals surface area contributed by atoms with E-state index in [1.165, 1.54) is 6.07 Å². The molecule has 0 amide bonds. The molecule has 4 rings (SSSR count). The van der Waals surface area contributed by atoms with E-state index in [4.69, 9.17) is 0 Å². The first-order valence-corrected chi connectivity index (χ1v) is 9.72. The van der Waals surface area contributed by atoms with Crippen LogP contribution < -0.4 is 0 Å². The van der Waals surface area contributed by atoms with E-state index in [1.807, 2.05) is 48.5 Å². The summed E-state index contributed by atoms with van der Waals surface area (Å²) in [5.41, 5.74) is 2.81. The lowest BCUT2D eigenvalue weighted by Gasteiger charge is -2.31. The molecule has 1 saturated heterocycles. The minimum Gasteiger partial charge on any atom is -0.297 e. The zero-order chi connectivity index (χ0) is 19.3. The van der Waals surface area contributed by atoms with E-state index in [0.717, 1.165) is 37.2 Å². The molecule has 0 N–H and O–H groups in total. The van der Waals surface area contributed by atoms with Crippen molar-refractivity contribution in [1.29, 1.82) is 0 Å². The maximum atomic E-state index is 14.7. The van der Waals surface area contributed by atoms with Gasteiger partial charge in [-0.25, -0.2) is 4.39 Å². The number of likely N-dealkylation sites (tertiary alicyclic amines) is 1. The maximum absolute atomic E-state index is 14.7. The fourth-order valence-electron chi connectivity index (χ4n) is 3.89. The maximum Gasteiger partial charge on any atom is 0.167 e. The summed E-state index contributed by atoms with van der Waals surface area (Å²) >= 11 is 0. The number of aromatic nitrogens is 1. The van der Waals surface area contributed by atoms with Crippen LogP contribution in [0.25, 0.3) is 11.1 Å². The second-order valence-electron chi connectivity index (χ2n) is 7.32. The highest BCUT2D eigenvalue weighted by atomic mass is 19.1. The van der Waals surface area contributed by atoms with Crippen LogP contribution in [-0.4, -0.2) is 28.8 Å². The van der Waals surface area contributed by atoms with Crippen LogP contribution in [0, 0.1) is 11.7 Å². The third-order valence-electron chi connectivity index (χ3n) is 5.33. The van der Waals surface area contributed by atoms with Crippen molar-refractivity contribution in [3.63, 3.8) is 0 Å². The third-order valence-corrected chi connectivity index (χ3v) is 5.33. The Kier molecular flexibility index (Phi) is 5.58. The molecule has 3 aromatic rings. The summed E-state index contributed by atoms with van der Waals surface area (Å²) in [4.78, 5) is 19.6. The molecule has 0 bridgehead atoms. The van der Waals surface area contributed by atoms with Crippen molar-refractivity contribution in [3.8, 4) is 11.1 Å². The second kappa shape index (κ2) is 8.44. The molecule has 142 valence electrons. The molecule has 3 nitrogen and oxygen atoms in total. The molecule has 0 unspecified atom stereocenters.